The third-order valence-corrected chi connectivity index (χ3v) is 5.62. The van der Waals surface area contributed by atoms with Crippen LogP contribution in [0.25, 0.3) is 10.8 Å². The molecule has 0 radical (unpaired) electrons. The van der Waals surface area contributed by atoms with Crippen LogP contribution in [0, 0.1) is 0 Å². The van der Waals surface area contributed by atoms with Gasteiger partial charge in [0.25, 0.3) is 5.91 Å². The third kappa shape index (κ3) is 5.45. The van der Waals surface area contributed by atoms with E-state index in [1.54, 1.807) is 6.21 Å². The molecule has 0 atom stereocenters. The number of nitrogens with one attached hydrogen (secondary N) is 1. The molecule has 1 fully saturated rings. The smallest absolute Gasteiger partial charge is 0.254 e. The number of nitrogens with zero attached hydrogens (tertiary/aromatic N) is 3. The van der Waals surface area contributed by atoms with Gasteiger partial charge in [-0.05, 0) is 28.5 Å². The Balaban J connectivity index is 1.23. The molecule has 1 aliphatic heterocycles. The van der Waals surface area contributed by atoms with E-state index in [0.29, 0.717) is 6.54 Å². The second kappa shape index (κ2) is 9.85. The number of piperazine rings is 1. The Morgan fingerprint density at radius 2 is 1.63 bits per heavy atom. The number of carbonyl (C=O) groups is 1. The Hall–Kier alpha value is -2.73. The molecule has 0 spiro atoms. The number of hydrogen-bond donors (Lipinski definition) is 1. The summed E-state index contributed by atoms with van der Waals surface area (Å²) >= 11 is 5.95. The van der Waals surface area contributed by atoms with E-state index in [4.69, 9.17) is 11.6 Å². The number of benzene rings is 3. The van der Waals surface area contributed by atoms with Crippen LogP contribution in [-0.2, 0) is 11.3 Å². The molecule has 0 bridgehead atoms. The summed E-state index contributed by atoms with van der Waals surface area (Å²) in [5.41, 5.74) is 4.91. The molecule has 0 unspecified atom stereocenters. The summed E-state index contributed by atoms with van der Waals surface area (Å²) in [4.78, 5) is 16.8. The van der Waals surface area contributed by atoms with Gasteiger partial charge in [-0.1, -0.05) is 66.2 Å². The van der Waals surface area contributed by atoms with Gasteiger partial charge in [0.1, 0.15) is 0 Å². The summed E-state index contributed by atoms with van der Waals surface area (Å²) in [6.45, 7) is 4.89. The van der Waals surface area contributed by atoms with Crippen molar-refractivity contribution < 1.29 is 4.79 Å². The zero-order valence-electron chi connectivity index (χ0n) is 16.8. The van der Waals surface area contributed by atoms with Gasteiger partial charge in [0.2, 0.25) is 0 Å². The Labute approximate surface area is 181 Å². The van der Waals surface area contributed by atoms with Crippen molar-refractivity contribution >= 4 is 34.5 Å². The van der Waals surface area contributed by atoms with Gasteiger partial charge in [0.15, 0.2) is 0 Å². The lowest BCUT2D eigenvalue weighted by molar-refractivity contribution is -0.122. The number of carbonyl (C=O) groups excluding carboxylic acids is 1. The van der Waals surface area contributed by atoms with Crippen LogP contribution in [0.3, 0.4) is 0 Å². The van der Waals surface area contributed by atoms with Gasteiger partial charge in [0.05, 0.1) is 12.8 Å². The lowest BCUT2D eigenvalue weighted by atomic mass is 10.1. The molecule has 3 aromatic rings. The normalized spacial score (nSPS) is 15.6. The van der Waals surface area contributed by atoms with Crippen LogP contribution >= 0.6 is 11.6 Å². The van der Waals surface area contributed by atoms with Crippen LogP contribution in [0.4, 0.5) is 0 Å². The third-order valence-electron chi connectivity index (χ3n) is 5.37. The highest BCUT2D eigenvalue weighted by Crippen LogP contribution is 2.16. The molecule has 3 aromatic carbocycles. The summed E-state index contributed by atoms with van der Waals surface area (Å²) in [6.07, 6.45) is 1.71. The Morgan fingerprint density at radius 3 is 2.43 bits per heavy atom. The second-order valence-electron chi connectivity index (χ2n) is 7.54. The maximum Gasteiger partial charge on any atom is 0.254 e. The fourth-order valence-corrected chi connectivity index (χ4v) is 3.85. The molecule has 0 aliphatic carbocycles. The zero-order valence-corrected chi connectivity index (χ0v) is 17.6. The fraction of sp³-hybridized carbons (Fsp3) is 0.250. The minimum absolute atomic E-state index is 0.0855. The van der Waals surface area contributed by atoms with Crippen molar-refractivity contribution in [1.82, 2.24) is 15.2 Å². The van der Waals surface area contributed by atoms with Crippen LogP contribution in [0.1, 0.15) is 11.1 Å². The molecule has 30 heavy (non-hydrogen) atoms. The van der Waals surface area contributed by atoms with Crippen molar-refractivity contribution in [3.63, 3.8) is 0 Å². The van der Waals surface area contributed by atoms with E-state index in [-0.39, 0.29) is 5.91 Å². The molecule has 154 valence electrons. The Kier molecular flexibility index (Phi) is 6.74. The van der Waals surface area contributed by atoms with E-state index >= 15 is 0 Å². The Bertz CT molecular complexity index is 1020. The summed E-state index contributed by atoms with van der Waals surface area (Å²) in [7, 11) is 0. The topological polar surface area (TPSA) is 47.9 Å². The number of fused-ring (bicyclic) bond motifs is 1. The van der Waals surface area contributed by atoms with Gasteiger partial charge in [-0.15, -0.1) is 0 Å². The van der Waals surface area contributed by atoms with E-state index in [1.807, 2.05) is 36.4 Å². The maximum absolute atomic E-state index is 12.3. The van der Waals surface area contributed by atoms with E-state index in [1.165, 1.54) is 5.56 Å². The first kappa shape index (κ1) is 20.5. The summed E-state index contributed by atoms with van der Waals surface area (Å²) in [6, 6.07) is 22.2. The number of hydrazone groups is 1. The van der Waals surface area contributed by atoms with E-state index in [2.05, 4.69) is 50.7 Å². The number of rotatable bonds is 6. The first-order valence-corrected chi connectivity index (χ1v) is 10.5. The molecule has 0 aromatic heterocycles. The molecule has 1 heterocycles. The summed E-state index contributed by atoms with van der Waals surface area (Å²) in [5.74, 6) is -0.0855. The van der Waals surface area contributed by atoms with Gasteiger partial charge in [-0.3, -0.25) is 14.6 Å². The molecule has 1 N–H and O–H groups in total. The highest BCUT2D eigenvalue weighted by molar-refractivity contribution is 6.30. The lowest BCUT2D eigenvalue weighted by Crippen LogP contribution is -2.48. The fourth-order valence-electron chi connectivity index (χ4n) is 3.73. The summed E-state index contributed by atoms with van der Waals surface area (Å²) in [5, 5.41) is 7.20. The molecular formula is C24H25ClN4O. The molecule has 1 amide bonds. The van der Waals surface area contributed by atoms with Crippen LogP contribution < -0.4 is 5.43 Å². The van der Waals surface area contributed by atoms with Gasteiger partial charge < -0.3 is 0 Å². The van der Waals surface area contributed by atoms with E-state index in [9.17, 15) is 4.79 Å². The largest absolute Gasteiger partial charge is 0.297 e. The molecule has 5 nitrogen and oxygen atoms in total. The maximum atomic E-state index is 12.3. The van der Waals surface area contributed by atoms with Crippen molar-refractivity contribution in [3.8, 4) is 0 Å². The number of amides is 1. The van der Waals surface area contributed by atoms with Crippen LogP contribution in [0.2, 0.25) is 5.02 Å². The standard InChI is InChI=1S/C24H25ClN4O/c25-22-10-8-19(9-11-22)17-28-12-14-29(15-13-28)18-24(30)27-26-16-21-6-3-5-20-4-1-2-7-23(20)21/h1-11,16H,12-15,17-18H2,(H,27,30)/b26-16+. The van der Waals surface area contributed by atoms with Crippen molar-refractivity contribution in [2.24, 2.45) is 5.10 Å². The molecule has 4 rings (SSSR count). The van der Waals surface area contributed by atoms with Crippen LogP contribution in [0.5, 0.6) is 0 Å². The average molecular weight is 421 g/mol. The predicted molar refractivity (Wildman–Crippen MR) is 123 cm³/mol. The molecule has 6 heteroatoms. The molecular weight excluding hydrogens is 396 g/mol. The minimum Gasteiger partial charge on any atom is -0.297 e. The van der Waals surface area contributed by atoms with E-state index < -0.39 is 0 Å². The average Bonchev–Trinajstić information content (AvgIpc) is 2.77. The molecule has 0 saturated carbocycles. The van der Waals surface area contributed by atoms with Crippen molar-refractivity contribution in [3.05, 3.63) is 82.9 Å². The lowest BCUT2D eigenvalue weighted by Gasteiger charge is -2.34. The SMILES string of the molecule is O=C(CN1CCN(Cc2ccc(Cl)cc2)CC1)N/N=C/c1cccc2ccccc12. The highest BCUT2D eigenvalue weighted by Gasteiger charge is 2.18. The predicted octanol–water partition coefficient (Wildman–Crippen LogP) is 3.76. The quantitative estimate of drug-likeness (QED) is 0.488. The van der Waals surface area contributed by atoms with E-state index in [0.717, 1.165) is 54.1 Å². The monoisotopic (exact) mass is 420 g/mol. The number of hydrogen-bond acceptors (Lipinski definition) is 4. The van der Waals surface area contributed by atoms with Crippen molar-refractivity contribution in [2.45, 2.75) is 6.54 Å². The van der Waals surface area contributed by atoms with Crippen LogP contribution in [-0.4, -0.2) is 54.6 Å². The zero-order chi connectivity index (χ0) is 20.8. The van der Waals surface area contributed by atoms with Crippen LogP contribution in [0.15, 0.2) is 71.8 Å². The van der Waals surface area contributed by atoms with Gasteiger partial charge in [-0.25, -0.2) is 5.43 Å². The number of halogens is 1. The second-order valence-corrected chi connectivity index (χ2v) is 7.98. The molecule has 1 aliphatic rings. The summed E-state index contributed by atoms with van der Waals surface area (Å²) < 4.78 is 0. The first-order valence-electron chi connectivity index (χ1n) is 10.2. The minimum atomic E-state index is -0.0855. The Morgan fingerprint density at radius 1 is 0.933 bits per heavy atom. The van der Waals surface area contributed by atoms with Crippen molar-refractivity contribution in [2.75, 3.05) is 32.7 Å². The van der Waals surface area contributed by atoms with Gasteiger partial charge in [0, 0.05) is 43.3 Å². The van der Waals surface area contributed by atoms with Gasteiger partial charge in [-0.2, -0.15) is 5.10 Å². The first-order chi connectivity index (χ1) is 14.7. The van der Waals surface area contributed by atoms with Crippen molar-refractivity contribution in [1.29, 1.82) is 0 Å². The molecule has 1 saturated heterocycles. The highest BCUT2D eigenvalue weighted by atomic mass is 35.5. The van der Waals surface area contributed by atoms with Gasteiger partial charge >= 0.3 is 0 Å².